The average molecular weight is 690 g/mol. The summed E-state index contributed by atoms with van der Waals surface area (Å²) in [4.78, 5) is 2.37. The lowest BCUT2D eigenvalue weighted by Crippen LogP contribution is -2.11. The van der Waals surface area contributed by atoms with Crippen LogP contribution in [0.5, 0.6) is 0 Å². The van der Waals surface area contributed by atoms with Crippen LogP contribution in [-0.2, 0) is 0 Å². The van der Waals surface area contributed by atoms with Gasteiger partial charge in [-0.1, -0.05) is 158 Å². The topological polar surface area (TPSA) is 16.4 Å². The second kappa shape index (κ2) is 13.4. The molecule has 10 aromatic rings. The number of fused-ring (bicyclic) bond motifs is 4. The Hall–Kier alpha value is -7.16. The van der Waals surface area contributed by atoms with E-state index >= 15 is 0 Å². The third-order valence-corrected chi connectivity index (χ3v) is 10.5. The van der Waals surface area contributed by atoms with E-state index in [-0.39, 0.29) is 0 Å². The van der Waals surface area contributed by atoms with Gasteiger partial charge in [0, 0.05) is 27.7 Å². The first-order valence-corrected chi connectivity index (χ1v) is 18.4. The third kappa shape index (κ3) is 5.81. The molecule has 0 amide bonds. The van der Waals surface area contributed by atoms with Crippen molar-refractivity contribution in [3.63, 3.8) is 0 Å². The monoisotopic (exact) mass is 689 g/mol. The first-order chi connectivity index (χ1) is 26.7. The van der Waals surface area contributed by atoms with Gasteiger partial charge < -0.3 is 9.32 Å². The molecule has 0 atom stereocenters. The summed E-state index contributed by atoms with van der Waals surface area (Å²) in [7, 11) is 0. The Labute approximate surface area is 314 Å². The lowest BCUT2D eigenvalue weighted by atomic mass is 9.98. The first-order valence-electron chi connectivity index (χ1n) is 18.4. The van der Waals surface area contributed by atoms with Crippen LogP contribution >= 0.6 is 0 Å². The maximum absolute atomic E-state index is 6.20. The molecule has 2 nitrogen and oxygen atoms in total. The largest absolute Gasteiger partial charge is 0.456 e. The van der Waals surface area contributed by atoms with E-state index < -0.39 is 0 Å². The van der Waals surface area contributed by atoms with E-state index in [2.05, 4.69) is 205 Å². The second-order valence-corrected chi connectivity index (χ2v) is 13.8. The lowest BCUT2D eigenvalue weighted by molar-refractivity contribution is 0.669. The molecule has 0 saturated heterocycles. The highest BCUT2D eigenvalue weighted by molar-refractivity contribution is 6.07. The Kier molecular flexibility index (Phi) is 7.85. The Bertz CT molecular complexity index is 2900. The van der Waals surface area contributed by atoms with Crippen molar-refractivity contribution >= 4 is 49.8 Å². The van der Waals surface area contributed by atoms with Crippen molar-refractivity contribution in [3.8, 4) is 44.5 Å². The molecule has 0 N–H and O–H groups in total. The molecule has 9 aromatic carbocycles. The summed E-state index contributed by atoms with van der Waals surface area (Å²) in [6, 6.07) is 76.0. The van der Waals surface area contributed by atoms with Crippen molar-refractivity contribution in [1.29, 1.82) is 0 Å². The van der Waals surface area contributed by atoms with Crippen LogP contribution in [0.15, 0.2) is 217 Å². The fourth-order valence-corrected chi connectivity index (χ4v) is 7.69. The van der Waals surface area contributed by atoms with Crippen LogP contribution in [0.3, 0.4) is 0 Å². The number of nitrogens with zero attached hydrogens (tertiary/aromatic N) is 1. The molecular weight excluding hydrogens is 655 g/mol. The van der Waals surface area contributed by atoms with Gasteiger partial charge in [-0.25, -0.2) is 0 Å². The standard InChI is InChI=1S/C52H35NO/c1-2-10-36(11-3-1)38-18-20-39(21-19-38)40-24-29-45(30-25-40)53(46-31-26-41(27-32-46)43-23-22-37-12-4-5-13-42(37)34-43)50-16-8-6-14-47(50)44-28-33-52-49(35-44)48-15-7-9-17-51(48)54-52/h1-35H. The molecule has 2 heteroatoms. The van der Waals surface area contributed by atoms with Crippen LogP contribution in [0.1, 0.15) is 0 Å². The molecule has 0 radical (unpaired) electrons. The number of hydrogen-bond donors (Lipinski definition) is 0. The van der Waals surface area contributed by atoms with Gasteiger partial charge in [0.2, 0.25) is 0 Å². The minimum atomic E-state index is 0.894. The average Bonchev–Trinajstić information content (AvgIpc) is 3.63. The Balaban J connectivity index is 1.06. The van der Waals surface area contributed by atoms with Crippen LogP contribution in [0, 0.1) is 0 Å². The summed E-state index contributed by atoms with van der Waals surface area (Å²) in [6.07, 6.45) is 0. The quantitative estimate of drug-likeness (QED) is 0.166. The Morgan fingerprint density at radius 1 is 0.296 bits per heavy atom. The first kappa shape index (κ1) is 31.6. The van der Waals surface area contributed by atoms with Crippen molar-refractivity contribution in [3.05, 3.63) is 212 Å². The van der Waals surface area contributed by atoms with Crippen LogP contribution in [0.2, 0.25) is 0 Å². The fraction of sp³-hybridized carbons (Fsp3) is 0. The minimum absolute atomic E-state index is 0.894. The number of hydrogen-bond acceptors (Lipinski definition) is 2. The minimum Gasteiger partial charge on any atom is -0.456 e. The molecule has 54 heavy (non-hydrogen) atoms. The van der Waals surface area contributed by atoms with Crippen LogP contribution < -0.4 is 4.90 Å². The van der Waals surface area contributed by atoms with Gasteiger partial charge in [-0.05, 0) is 104 Å². The van der Waals surface area contributed by atoms with Gasteiger partial charge in [-0.15, -0.1) is 0 Å². The number of furan rings is 1. The number of rotatable bonds is 7. The number of benzene rings is 9. The van der Waals surface area contributed by atoms with Gasteiger partial charge in [0.1, 0.15) is 11.2 Å². The molecule has 0 bridgehead atoms. The van der Waals surface area contributed by atoms with Crippen LogP contribution in [-0.4, -0.2) is 0 Å². The smallest absolute Gasteiger partial charge is 0.135 e. The maximum Gasteiger partial charge on any atom is 0.135 e. The molecule has 1 heterocycles. The summed E-state index contributed by atoms with van der Waals surface area (Å²) in [5.74, 6) is 0. The van der Waals surface area contributed by atoms with E-state index in [0.29, 0.717) is 0 Å². The molecular formula is C52H35NO. The Morgan fingerprint density at radius 3 is 1.52 bits per heavy atom. The van der Waals surface area contributed by atoms with Gasteiger partial charge in [0.25, 0.3) is 0 Å². The molecule has 0 unspecified atom stereocenters. The van der Waals surface area contributed by atoms with E-state index in [1.54, 1.807) is 0 Å². The highest BCUT2D eigenvalue weighted by Crippen LogP contribution is 2.43. The molecule has 0 spiro atoms. The molecule has 0 saturated carbocycles. The SMILES string of the molecule is c1ccc(-c2ccc(-c3ccc(N(c4ccc(-c5ccc6ccccc6c5)cc4)c4ccccc4-c4ccc5oc6ccccc6c5c4)cc3)cc2)cc1. The summed E-state index contributed by atoms with van der Waals surface area (Å²) in [5.41, 5.74) is 14.5. The van der Waals surface area contributed by atoms with Gasteiger partial charge in [-0.2, -0.15) is 0 Å². The normalized spacial score (nSPS) is 11.3. The Morgan fingerprint density at radius 2 is 0.796 bits per heavy atom. The molecule has 0 fully saturated rings. The summed E-state index contributed by atoms with van der Waals surface area (Å²) >= 11 is 0. The maximum atomic E-state index is 6.20. The van der Waals surface area contributed by atoms with E-state index in [0.717, 1.165) is 50.1 Å². The molecule has 254 valence electrons. The fourth-order valence-electron chi connectivity index (χ4n) is 7.69. The zero-order valence-corrected chi connectivity index (χ0v) is 29.6. The summed E-state index contributed by atoms with van der Waals surface area (Å²) < 4.78 is 6.20. The lowest BCUT2D eigenvalue weighted by Gasteiger charge is -2.28. The molecule has 10 rings (SSSR count). The van der Waals surface area contributed by atoms with Crippen molar-refractivity contribution in [2.24, 2.45) is 0 Å². The second-order valence-electron chi connectivity index (χ2n) is 13.8. The van der Waals surface area contributed by atoms with Crippen molar-refractivity contribution in [2.75, 3.05) is 4.90 Å². The number of anilines is 3. The molecule has 0 aliphatic carbocycles. The van der Waals surface area contributed by atoms with E-state index in [9.17, 15) is 0 Å². The van der Waals surface area contributed by atoms with Gasteiger partial charge in [0.05, 0.1) is 5.69 Å². The zero-order chi connectivity index (χ0) is 35.8. The molecule has 1 aromatic heterocycles. The number of para-hydroxylation sites is 2. The van der Waals surface area contributed by atoms with Crippen LogP contribution in [0.4, 0.5) is 17.1 Å². The molecule has 0 aliphatic heterocycles. The van der Waals surface area contributed by atoms with Crippen LogP contribution in [0.25, 0.3) is 77.2 Å². The van der Waals surface area contributed by atoms with E-state index in [1.165, 1.54) is 44.2 Å². The van der Waals surface area contributed by atoms with Gasteiger partial charge in [-0.3, -0.25) is 0 Å². The highest BCUT2D eigenvalue weighted by Gasteiger charge is 2.19. The van der Waals surface area contributed by atoms with Gasteiger partial charge >= 0.3 is 0 Å². The highest BCUT2D eigenvalue weighted by atomic mass is 16.3. The van der Waals surface area contributed by atoms with E-state index in [1.807, 2.05) is 12.1 Å². The van der Waals surface area contributed by atoms with Gasteiger partial charge in [0.15, 0.2) is 0 Å². The van der Waals surface area contributed by atoms with Crippen molar-refractivity contribution in [2.45, 2.75) is 0 Å². The zero-order valence-electron chi connectivity index (χ0n) is 29.6. The summed E-state index contributed by atoms with van der Waals surface area (Å²) in [6.45, 7) is 0. The summed E-state index contributed by atoms with van der Waals surface area (Å²) in [5, 5.41) is 4.73. The van der Waals surface area contributed by atoms with Crippen molar-refractivity contribution < 1.29 is 4.42 Å². The predicted octanol–water partition coefficient (Wildman–Crippen LogP) is 14.9. The predicted molar refractivity (Wildman–Crippen MR) is 228 cm³/mol. The van der Waals surface area contributed by atoms with Crippen molar-refractivity contribution in [1.82, 2.24) is 0 Å². The molecule has 0 aliphatic rings. The van der Waals surface area contributed by atoms with E-state index in [4.69, 9.17) is 4.42 Å². The third-order valence-electron chi connectivity index (χ3n) is 10.5.